The number of amides is 1. The Hall–Kier alpha value is -0.900. The van der Waals surface area contributed by atoms with Gasteiger partial charge in [0.1, 0.15) is 5.78 Å². The smallest absolute Gasteiger partial charge is 0.230 e. The average Bonchev–Trinajstić information content (AvgIpc) is 2.99. The molecule has 1 aliphatic rings. The first-order valence-corrected chi connectivity index (χ1v) is 5.84. The third-order valence-electron chi connectivity index (χ3n) is 3.05. The molecule has 0 aromatic rings. The summed E-state index contributed by atoms with van der Waals surface area (Å²) in [6.45, 7) is 4.63. The van der Waals surface area contributed by atoms with Crippen molar-refractivity contribution in [2.45, 2.75) is 39.2 Å². The predicted octanol–water partition coefficient (Wildman–Crippen LogP) is 1.24. The second kappa shape index (κ2) is 5.99. The van der Waals surface area contributed by atoms with Gasteiger partial charge < -0.3 is 9.64 Å². The maximum absolute atomic E-state index is 11.9. The molecule has 16 heavy (non-hydrogen) atoms. The molecule has 1 unspecified atom stereocenters. The molecular formula is C12H21NO3. The Morgan fingerprint density at radius 1 is 1.44 bits per heavy atom. The van der Waals surface area contributed by atoms with Crippen LogP contribution in [0.3, 0.4) is 0 Å². The molecule has 4 heteroatoms. The quantitative estimate of drug-likeness (QED) is 0.615. The van der Waals surface area contributed by atoms with E-state index >= 15 is 0 Å². The number of carbonyl (C=O) groups is 2. The molecule has 1 amide bonds. The SMILES string of the molecule is COCCN(C(=O)CC(C)=O)C(C)C1CC1. The summed E-state index contributed by atoms with van der Waals surface area (Å²) in [6.07, 6.45) is 2.40. The van der Waals surface area contributed by atoms with Gasteiger partial charge in [-0.15, -0.1) is 0 Å². The number of ketones is 1. The molecule has 92 valence electrons. The largest absolute Gasteiger partial charge is 0.383 e. The van der Waals surface area contributed by atoms with Crippen molar-refractivity contribution in [3.8, 4) is 0 Å². The molecule has 1 rings (SSSR count). The minimum atomic E-state index is -0.0737. The number of Topliss-reactive ketones (excluding diaryl/α,β-unsaturated/α-hetero) is 1. The Morgan fingerprint density at radius 2 is 2.06 bits per heavy atom. The van der Waals surface area contributed by atoms with Crippen molar-refractivity contribution in [2.24, 2.45) is 5.92 Å². The molecule has 0 aromatic carbocycles. The molecule has 0 saturated heterocycles. The van der Waals surface area contributed by atoms with E-state index in [1.165, 1.54) is 19.8 Å². The molecule has 0 aromatic heterocycles. The lowest BCUT2D eigenvalue weighted by atomic mass is 10.1. The molecule has 0 aliphatic heterocycles. The molecule has 0 bridgehead atoms. The van der Waals surface area contributed by atoms with Gasteiger partial charge in [0.2, 0.25) is 5.91 Å². The zero-order chi connectivity index (χ0) is 12.1. The second-order valence-corrected chi connectivity index (χ2v) is 4.54. The topological polar surface area (TPSA) is 46.6 Å². The van der Waals surface area contributed by atoms with E-state index in [0.29, 0.717) is 19.1 Å². The summed E-state index contributed by atoms with van der Waals surface area (Å²) in [6, 6.07) is 0.238. The lowest BCUT2D eigenvalue weighted by molar-refractivity contribution is -0.137. The molecular weight excluding hydrogens is 206 g/mol. The lowest BCUT2D eigenvalue weighted by Crippen LogP contribution is -2.42. The van der Waals surface area contributed by atoms with Gasteiger partial charge in [0.25, 0.3) is 0 Å². The Labute approximate surface area is 96.9 Å². The third kappa shape index (κ3) is 3.93. The minimum Gasteiger partial charge on any atom is -0.383 e. The van der Waals surface area contributed by atoms with Crippen LogP contribution < -0.4 is 0 Å². The zero-order valence-corrected chi connectivity index (χ0v) is 10.4. The van der Waals surface area contributed by atoms with Crippen LogP contribution in [0.15, 0.2) is 0 Å². The summed E-state index contributed by atoms with van der Waals surface area (Å²) in [4.78, 5) is 24.6. The first kappa shape index (κ1) is 13.2. The summed E-state index contributed by atoms with van der Waals surface area (Å²) in [7, 11) is 1.62. The van der Waals surface area contributed by atoms with Gasteiger partial charge in [0.15, 0.2) is 0 Å². The van der Waals surface area contributed by atoms with Crippen LogP contribution in [0.25, 0.3) is 0 Å². The zero-order valence-electron chi connectivity index (χ0n) is 10.4. The second-order valence-electron chi connectivity index (χ2n) is 4.54. The predicted molar refractivity (Wildman–Crippen MR) is 61.1 cm³/mol. The molecule has 0 N–H and O–H groups in total. The van der Waals surface area contributed by atoms with Gasteiger partial charge in [-0.25, -0.2) is 0 Å². The van der Waals surface area contributed by atoms with Crippen molar-refractivity contribution >= 4 is 11.7 Å². The van der Waals surface area contributed by atoms with Gasteiger partial charge >= 0.3 is 0 Å². The van der Waals surface area contributed by atoms with Crippen molar-refractivity contribution in [1.82, 2.24) is 4.90 Å². The number of hydrogen-bond acceptors (Lipinski definition) is 3. The highest BCUT2D eigenvalue weighted by atomic mass is 16.5. The fourth-order valence-electron chi connectivity index (χ4n) is 1.89. The maximum Gasteiger partial charge on any atom is 0.230 e. The van der Waals surface area contributed by atoms with Crippen molar-refractivity contribution in [1.29, 1.82) is 0 Å². The third-order valence-corrected chi connectivity index (χ3v) is 3.05. The molecule has 1 aliphatic carbocycles. The van der Waals surface area contributed by atoms with E-state index in [9.17, 15) is 9.59 Å². The van der Waals surface area contributed by atoms with Crippen LogP contribution in [0.4, 0.5) is 0 Å². The van der Waals surface area contributed by atoms with E-state index in [1.807, 2.05) is 0 Å². The van der Waals surface area contributed by atoms with E-state index in [0.717, 1.165) is 0 Å². The van der Waals surface area contributed by atoms with Crippen LogP contribution in [-0.2, 0) is 14.3 Å². The van der Waals surface area contributed by atoms with Crippen LogP contribution in [0, 0.1) is 5.92 Å². The molecule has 0 radical (unpaired) electrons. The van der Waals surface area contributed by atoms with E-state index in [1.54, 1.807) is 12.0 Å². The number of carbonyl (C=O) groups excluding carboxylic acids is 2. The van der Waals surface area contributed by atoms with Gasteiger partial charge in [-0.05, 0) is 32.6 Å². The Kier molecular flexibility index (Phi) is 4.93. The number of hydrogen-bond donors (Lipinski definition) is 0. The normalized spacial score (nSPS) is 16.9. The van der Waals surface area contributed by atoms with Gasteiger partial charge in [-0.1, -0.05) is 0 Å². The van der Waals surface area contributed by atoms with Gasteiger partial charge in [-0.2, -0.15) is 0 Å². The lowest BCUT2D eigenvalue weighted by Gasteiger charge is -2.29. The highest BCUT2D eigenvalue weighted by molar-refractivity contribution is 5.96. The fraction of sp³-hybridized carbons (Fsp3) is 0.833. The van der Waals surface area contributed by atoms with Gasteiger partial charge in [0.05, 0.1) is 13.0 Å². The molecule has 4 nitrogen and oxygen atoms in total. The highest BCUT2D eigenvalue weighted by Gasteiger charge is 2.34. The Balaban J connectivity index is 2.53. The minimum absolute atomic E-state index is 0.0147. The van der Waals surface area contributed by atoms with Gasteiger partial charge in [-0.3, -0.25) is 9.59 Å². The summed E-state index contributed by atoms with van der Waals surface area (Å²) >= 11 is 0. The highest BCUT2D eigenvalue weighted by Crippen LogP contribution is 2.35. The summed E-state index contributed by atoms with van der Waals surface area (Å²) in [5.74, 6) is 0.479. The maximum atomic E-state index is 11.9. The van der Waals surface area contributed by atoms with E-state index in [4.69, 9.17) is 4.74 Å². The molecule has 1 atom stereocenters. The van der Waals surface area contributed by atoms with Crippen LogP contribution in [0.5, 0.6) is 0 Å². The first-order valence-electron chi connectivity index (χ1n) is 5.84. The first-order chi connectivity index (χ1) is 7.56. The van der Waals surface area contributed by atoms with Crippen molar-refractivity contribution in [3.05, 3.63) is 0 Å². The number of rotatable bonds is 7. The number of ether oxygens (including phenoxy) is 1. The van der Waals surface area contributed by atoms with E-state index in [2.05, 4.69) is 6.92 Å². The molecule has 1 fully saturated rings. The van der Waals surface area contributed by atoms with Crippen molar-refractivity contribution < 1.29 is 14.3 Å². The average molecular weight is 227 g/mol. The Bertz CT molecular complexity index is 261. The van der Waals surface area contributed by atoms with Crippen LogP contribution in [0.1, 0.15) is 33.1 Å². The van der Waals surface area contributed by atoms with Crippen molar-refractivity contribution in [3.63, 3.8) is 0 Å². The van der Waals surface area contributed by atoms with E-state index in [-0.39, 0.29) is 24.2 Å². The standard InChI is InChI=1S/C12H21NO3/c1-9(14)8-12(15)13(6-7-16-3)10(2)11-4-5-11/h10-11H,4-8H2,1-3H3. The number of methoxy groups -OCH3 is 1. The molecule has 0 heterocycles. The van der Waals surface area contributed by atoms with Crippen LogP contribution >= 0.6 is 0 Å². The molecule has 0 spiro atoms. The fourth-order valence-corrected chi connectivity index (χ4v) is 1.89. The summed E-state index contributed by atoms with van der Waals surface area (Å²) < 4.78 is 5.00. The van der Waals surface area contributed by atoms with Gasteiger partial charge in [0, 0.05) is 19.7 Å². The van der Waals surface area contributed by atoms with E-state index < -0.39 is 0 Å². The molecule has 1 saturated carbocycles. The number of nitrogens with zero attached hydrogens (tertiary/aromatic N) is 1. The Morgan fingerprint density at radius 3 is 2.50 bits per heavy atom. The summed E-state index contributed by atoms with van der Waals surface area (Å²) in [5, 5.41) is 0. The van der Waals surface area contributed by atoms with Crippen LogP contribution in [0.2, 0.25) is 0 Å². The van der Waals surface area contributed by atoms with Crippen LogP contribution in [-0.4, -0.2) is 42.9 Å². The summed E-state index contributed by atoms with van der Waals surface area (Å²) in [5.41, 5.74) is 0. The van der Waals surface area contributed by atoms with Crippen molar-refractivity contribution in [2.75, 3.05) is 20.3 Å². The monoisotopic (exact) mass is 227 g/mol.